The molecule has 2 aromatic rings. The first-order valence-corrected chi connectivity index (χ1v) is 8.02. The molecule has 0 radical (unpaired) electrons. The molecule has 1 aromatic heterocycles. The average Bonchev–Trinajstić information content (AvgIpc) is 2.52. The predicted octanol–water partition coefficient (Wildman–Crippen LogP) is 3.49. The Morgan fingerprint density at radius 2 is 2.19 bits per heavy atom. The highest BCUT2D eigenvalue weighted by atomic mass is 79.9. The van der Waals surface area contributed by atoms with Gasteiger partial charge in [-0.1, -0.05) is 17.9 Å². The van der Waals surface area contributed by atoms with Crippen LogP contribution in [0.1, 0.15) is 11.1 Å². The van der Waals surface area contributed by atoms with Crippen molar-refractivity contribution in [3.8, 4) is 17.6 Å². The fourth-order valence-electron chi connectivity index (χ4n) is 1.68. The zero-order valence-electron chi connectivity index (χ0n) is 11.5. The molecule has 0 aliphatic rings. The Labute approximate surface area is 136 Å². The van der Waals surface area contributed by atoms with Crippen LogP contribution < -0.4 is 4.74 Å². The van der Waals surface area contributed by atoms with Crippen molar-refractivity contribution in [1.29, 1.82) is 0 Å². The minimum Gasteiger partial charge on any atom is -0.495 e. The van der Waals surface area contributed by atoms with E-state index in [-0.39, 0.29) is 6.61 Å². The van der Waals surface area contributed by atoms with E-state index in [4.69, 9.17) is 9.84 Å². The summed E-state index contributed by atoms with van der Waals surface area (Å²) < 4.78 is 6.24. The standard InChI is InChI=1S/C16H14BrNO2S/c1-20-15-6-4-12(9-13(15)3-2-8-19)11-21-16-7-5-14(17)10-18-16/h4-7,9-10,19H,8,11H2,1H3. The number of hydrogen-bond acceptors (Lipinski definition) is 4. The Hall–Kier alpha value is -1.48. The summed E-state index contributed by atoms with van der Waals surface area (Å²) in [5.74, 6) is 7.06. The van der Waals surface area contributed by atoms with E-state index >= 15 is 0 Å². The average molecular weight is 364 g/mol. The van der Waals surface area contributed by atoms with Gasteiger partial charge in [-0.05, 0) is 45.8 Å². The number of aliphatic hydroxyl groups excluding tert-OH is 1. The summed E-state index contributed by atoms with van der Waals surface area (Å²) in [7, 11) is 1.61. The fourth-order valence-corrected chi connectivity index (χ4v) is 2.70. The van der Waals surface area contributed by atoms with Gasteiger partial charge in [0.1, 0.15) is 12.4 Å². The van der Waals surface area contributed by atoms with Crippen molar-refractivity contribution in [2.45, 2.75) is 10.8 Å². The zero-order chi connectivity index (χ0) is 15.1. The molecule has 0 aliphatic carbocycles. The number of hydrogen-bond donors (Lipinski definition) is 1. The van der Waals surface area contributed by atoms with Crippen LogP contribution >= 0.6 is 27.7 Å². The van der Waals surface area contributed by atoms with Gasteiger partial charge in [-0.2, -0.15) is 0 Å². The molecule has 0 unspecified atom stereocenters. The van der Waals surface area contributed by atoms with Crippen LogP contribution in [-0.4, -0.2) is 23.8 Å². The second kappa shape index (κ2) is 8.08. The topological polar surface area (TPSA) is 42.4 Å². The van der Waals surface area contributed by atoms with Crippen molar-refractivity contribution in [3.05, 3.63) is 52.1 Å². The number of nitrogens with zero attached hydrogens (tertiary/aromatic N) is 1. The van der Waals surface area contributed by atoms with Gasteiger partial charge in [0.25, 0.3) is 0 Å². The lowest BCUT2D eigenvalue weighted by molar-refractivity contribution is 0.350. The third-order valence-electron chi connectivity index (χ3n) is 2.65. The fraction of sp³-hybridized carbons (Fsp3) is 0.188. The smallest absolute Gasteiger partial charge is 0.134 e. The number of pyridine rings is 1. The first kappa shape index (κ1) is 15.9. The number of rotatable bonds is 4. The van der Waals surface area contributed by atoms with Crippen molar-refractivity contribution < 1.29 is 9.84 Å². The Balaban J connectivity index is 2.11. The van der Waals surface area contributed by atoms with Gasteiger partial charge in [0, 0.05) is 16.4 Å². The van der Waals surface area contributed by atoms with E-state index in [9.17, 15) is 0 Å². The molecule has 0 atom stereocenters. The normalized spacial score (nSPS) is 9.86. The molecule has 21 heavy (non-hydrogen) atoms. The van der Waals surface area contributed by atoms with E-state index in [1.165, 1.54) is 0 Å². The third kappa shape index (κ3) is 4.78. The molecule has 1 N–H and O–H groups in total. The SMILES string of the molecule is COc1ccc(CSc2ccc(Br)cn2)cc1C#CCO. The van der Waals surface area contributed by atoms with E-state index < -0.39 is 0 Å². The molecule has 0 fully saturated rings. The maximum absolute atomic E-state index is 8.80. The summed E-state index contributed by atoms with van der Waals surface area (Å²) in [6.07, 6.45) is 1.79. The van der Waals surface area contributed by atoms with Gasteiger partial charge in [-0.25, -0.2) is 4.98 Å². The van der Waals surface area contributed by atoms with Gasteiger partial charge in [-0.3, -0.25) is 0 Å². The number of benzene rings is 1. The second-order valence-electron chi connectivity index (χ2n) is 4.10. The van der Waals surface area contributed by atoms with Crippen LogP contribution in [0.2, 0.25) is 0 Å². The molecule has 2 rings (SSSR count). The lowest BCUT2D eigenvalue weighted by atomic mass is 10.1. The number of methoxy groups -OCH3 is 1. The molecule has 0 aliphatic heterocycles. The van der Waals surface area contributed by atoms with Crippen molar-refractivity contribution in [2.75, 3.05) is 13.7 Å². The minimum atomic E-state index is -0.162. The second-order valence-corrected chi connectivity index (χ2v) is 6.01. The maximum Gasteiger partial charge on any atom is 0.134 e. The van der Waals surface area contributed by atoms with Crippen LogP contribution in [0.25, 0.3) is 0 Å². The number of aromatic nitrogens is 1. The summed E-state index contributed by atoms with van der Waals surface area (Å²) in [5, 5.41) is 9.77. The number of halogens is 1. The highest BCUT2D eigenvalue weighted by Gasteiger charge is 2.03. The van der Waals surface area contributed by atoms with E-state index in [0.29, 0.717) is 5.75 Å². The van der Waals surface area contributed by atoms with Crippen molar-refractivity contribution in [1.82, 2.24) is 4.98 Å². The quantitative estimate of drug-likeness (QED) is 0.666. The predicted molar refractivity (Wildman–Crippen MR) is 88.5 cm³/mol. The molecule has 0 amide bonds. The molecular weight excluding hydrogens is 350 g/mol. The van der Waals surface area contributed by atoms with Crippen LogP contribution in [0.5, 0.6) is 5.75 Å². The highest BCUT2D eigenvalue weighted by molar-refractivity contribution is 9.10. The lowest BCUT2D eigenvalue weighted by Crippen LogP contribution is -1.91. The van der Waals surface area contributed by atoms with E-state index in [2.05, 4.69) is 32.8 Å². The van der Waals surface area contributed by atoms with E-state index in [1.807, 2.05) is 30.3 Å². The Morgan fingerprint density at radius 3 is 2.86 bits per heavy atom. The third-order valence-corrected chi connectivity index (χ3v) is 4.14. The van der Waals surface area contributed by atoms with Gasteiger partial charge in [0.2, 0.25) is 0 Å². The highest BCUT2D eigenvalue weighted by Crippen LogP contribution is 2.25. The summed E-state index contributed by atoms with van der Waals surface area (Å²) >= 11 is 5.03. The van der Waals surface area contributed by atoms with E-state index in [0.717, 1.165) is 26.4 Å². The monoisotopic (exact) mass is 363 g/mol. The van der Waals surface area contributed by atoms with Gasteiger partial charge in [-0.15, -0.1) is 11.8 Å². The van der Waals surface area contributed by atoms with Crippen LogP contribution in [0, 0.1) is 11.8 Å². The van der Waals surface area contributed by atoms with Crippen LogP contribution in [0.3, 0.4) is 0 Å². The molecule has 0 saturated carbocycles. The molecule has 5 heteroatoms. The largest absolute Gasteiger partial charge is 0.495 e. The van der Waals surface area contributed by atoms with Gasteiger partial charge >= 0.3 is 0 Å². The van der Waals surface area contributed by atoms with Crippen LogP contribution in [-0.2, 0) is 5.75 Å². The van der Waals surface area contributed by atoms with Crippen LogP contribution in [0.4, 0.5) is 0 Å². The van der Waals surface area contributed by atoms with Gasteiger partial charge < -0.3 is 9.84 Å². The summed E-state index contributed by atoms with van der Waals surface area (Å²) in [5.41, 5.74) is 1.92. The van der Waals surface area contributed by atoms with Gasteiger partial charge in [0.05, 0.1) is 17.7 Å². The Morgan fingerprint density at radius 1 is 1.33 bits per heavy atom. The zero-order valence-corrected chi connectivity index (χ0v) is 13.9. The van der Waals surface area contributed by atoms with Crippen molar-refractivity contribution >= 4 is 27.7 Å². The Kier molecular flexibility index (Phi) is 6.12. The lowest BCUT2D eigenvalue weighted by Gasteiger charge is -2.06. The first-order chi connectivity index (χ1) is 10.2. The number of aliphatic hydroxyl groups is 1. The summed E-state index contributed by atoms with van der Waals surface area (Å²) in [6, 6.07) is 9.83. The number of ether oxygens (including phenoxy) is 1. The summed E-state index contributed by atoms with van der Waals surface area (Å²) in [6.45, 7) is -0.162. The molecule has 108 valence electrons. The maximum atomic E-state index is 8.80. The van der Waals surface area contributed by atoms with Gasteiger partial charge in [0.15, 0.2) is 0 Å². The molecule has 3 nitrogen and oxygen atoms in total. The first-order valence-electron chi connectivity index (χ1n) is 6.24. The van der Waals surface area contributed by atoms with Crippen molar-refractivity contribution in [2.24, 2.45) is 0 Å². The molecular formula is C16H14BrNO2S. The minimum absolute atomic E-state index is 0.162. The molecule has 0 saturated heterocycles. The Bertz CT molecular complexity index is 662. The molecule has 0 bridgehead atoms. The molecule has 0 spiro atoms. The number of thioether (sulfide) groups is 1. The molecule has 1 heterocycles. The molecule has 1 aromatic carbocycles. The van der Waals surface area contributed by atoms with E-state index in [1.54, 1.807) is 25.1 Å². The summed E-state index contributed by atoms with van der Waals surface area (Å²) in [4.78, 5) is 4.33. The van der Waals surface area contributed by atoms with Crippen molar-refractivity contribution in [3.63, 3.8) is 0 Å². The van der Waals surface area contributed by atoms with Crippen LogP contribution in [0.15, 0.2) is 46.0 Å².